The van der Waals surface area contributed by atoms with Crippen molar-refractivity contribution in [2.75, 3.05) is 14.2 Å². The smallest absolute Gasteiger partial charge is 0.225 e. The van der Waals surface area contributed by atoms with E-state index in [1.807, 2.05) is 36.3 Å². The number of amides is 1. The lowest BCUT2D eigenvalue weighted by Gasteiger charge is -2.34. The van der Waals surface area contributed by atoms with Crippen molar-refractivity contribution in [3.05, 3.63) is 47.8 Å². The number of nitrogens with two attached hydrogens (primary N) is 1. The largest absolute Gasteiger partial charge is 0.380 e. The fourth-order valence-electron chi connectivity index (χ4n) is 3.71. The summed E-state index contributed by atoms with van der Waals surface area (Å²) in [5.74, 6) is 0.131. The van der Waals surface area contributed by atoms with E-state index in [1.165, 1.54) is 5.56 Å². The molecule has 1 aromatic heterocycles. The summed E-state index contributed by atoms with van der Waals surface area (Å²) in [5, 5.41) is 4.43. The Balaban J connectivity index is 0.00000261. The molecule has 148 valence electrons. The molecular weight excluding hydrogens is 364 g/mol. The van der Waals surface area contributed by atoms with Gasteiger partial charge in [-0.25, -0.2) is 4.68 Å². The molecule has 6 nitrogen and oxygen atoms in total. The Morgan fingerprint density at radius 2 is 2.19 bits per heavy atom. The molecule has 0 aliphatic heterocycles. The molecule has 0 radical (unpaired) electrons. The minimum absolute atomic E-state index is 0. The Kier molecular flexibility index (Phi) is 7.41. The molecule has 1 aromatic carbocycles. The van der Waals surface area contributed by atoms with Crippen molar-refractivity contribution in [2.45, 2.75) is 44.9 Å². The van der Waals surface area contributed by atoms with Crippen molar-refractivity contribution in [3.63, 3.8) is 0 Å². The number of aryl methyl sites for hydroxylation is 1. The average molecular weight is 393 g/mol. The van der Waals surface area contributed by atoms with E-state index >= 15 is 0 Å². The first-order chi connectivity index (χ1) is 12.5. The van der Waals surface area contributed by atoms with Crippen LogP contribution in [0.3, 0.4) is 0 Å². The molecule has 2 aromatic rings. The van der Waals surface area contributed by atoms with Gasteiger partial charge in [0.1, 0.15) is 0 Å². The Labute approximate surface area is 167 Å². The van der Waals surface area contributed by atoms with Crippen LogP contribution < -0.4 is 5.73 Å². The first-order valence-electron chi connectivity index (χ1n) is 9.12. The molecule has 1 heterocycles. The fraction of sp³-hybridized carbons (Fsp3) is 0.500. The van der Waals surface area contributed by atoms with Gasteiger partial charge in [-0.2, -0.15) is 5.10 Å². The number of carbonyl (C=O) groups excluding carboxylic acids is 1. The van der Waals surface area contributed by atoms with Crippen molar-refractivity contribution < 1.29 is 9.53 Å². The molecular formula is C20H29ClN4O2. The van der Waals surface area contributed by atoms with E-state index in [-0.39, 0.29) is 36.4 Å². The van der Waals surface area contributed by atoms with Gasteiger partial charge in [0.25, 0.3) is 0 Å². The number of aromatic nitrogens is 2. The van der Waals surface area contributed by atoms with Crippen molar-refractivity contribution in [3.8, 4) is 5.69 Å². The minimum Gasteiger partial charge on any atom is -0.380 e. The highest BCUT2D eigenvalue weighted by atomic mass is 35.5. The van der Waals surface area contributed by atoms with Gasteiger partial charge in [-0.1, -0.05) is 12.1 Å². The predicted octanol–water partition coefficient (Wildman–Crippen LogP) is 2.70. The standard InChI is InChI=1S/C20H28N4O2.ClH/c1-14-5-4-6-17(9-14)24-13-15(11-22-24)12-23(2)20(25)16-7-8-19(26-3)18(21)10-16;/h4-6,9,11,13,16,18-19H,7-8,10,12,21H2,1-3H3;1H/t16-,18+,19+;/m0./s1. The summed E-state index contributed by atoms with van der Waals surface area (Å²) in [6.45, 7) is 2.60. The summed E-state index contributed by atoms with van der Waals surface area (Å²) in [7, 11) is 3.53. The molecule has 1 amide bonds. The van der Waals surface area contributed by atoms with Crippen LogP contribution in [-0.4, -0.2) is 46.9 Å². The van der Waals surface area contributed by atoms with E-state index in [2.05, 4.69) is 24.2 Å². The van der Waals surface area contributed by atoms with Gasteiger partial charge >= 0.3 is 0 Å². The van der Waals surface area contributed by atoms with Crippen LogP contribution >= 0.6 is 12.4 Å². The van der Waals surface area contributed by atoms with Gasteiger partial charge in [0.05, 0.1) is 18.0 Å². The van der Waals surface area contributed by atoms with Crippen molar-refractivity contribution in [1.82, 2.24) is 14.7 Å². The molecule has 1 fully saturated rings. The zero-order chi connectivity index (χ0) is 18.7. The van der Waals surface area contributed by atoms with Crippen molar-refractivity contribution in [2.24, 2.45) is 11.7 Å². The maximum absolute atomic E-state index is 12.8. The topological polar surface area (TPSA) is 73.4 Å². The summed E-state index contributed by atoms with van der Waals surface area (Å²) in [4.78, 5) is 14.5. The molecule has 0 saturated heterocycles. The summed E-state index contributed by atoms with van der Waals surface area (Å²) in [6, 6.07) is 8.11. The summed E-state index contributed by atoms with van der Waals surface area (Å²) in [6.07, 6.45) is 6.22. The SMILES string of the molecule is CO[C@@H]1CC[C@H](C(=O)N(C)Cc2cnn(-c3cccc(C)c3)c2)C[C@H]1N.Cl. The first-order valence-corrected chi connectivity index (χ1v) is 9.12. The van der Waals surface area contributed by atoms with Crippen LogP contribution in [0.5, 0.6) is 0 Å². The minimum atomic E-state index is -0.0693. The van der Waals surface area contributed by atoms with Gasteiger partial charge in [0.2, 0.25) is 5.91 Å². The van der Waals surface area contributed by atoms with Crippen LogP contribution in [0, 0.1) is 12.8 Å². The van der Waals surface area contributed by atoms with Crippen LogP contribution in [0.15, 0.2) is 36.7 Å². The lowest BCUT2D eigenvalue weighted by atomic mass is 9.83. The van der Waals surface area contributed by atoms with Gasteiger partial charge in [-0.3, -0.25) is 4.79 Å². The molecule has 1 saturated carbocycles. The fourth-order valence-corrected chi connectivity index (χ4v) is 3.71. The number of carbonyl (C=O) groups is 1. The van der Waals surface area contributed by atoms with E-state index < -0.39 is 0 Å². The number of ether oxygens (including phenoxy) is 1. The van der Waals surface area contributed by atoms with Gasteiger partial charge in [-0.05, 0) is 43.9 Å². The second-order valence-electron chi connectivity index (χ2n) is 7.27. The highest BCUT2D eigenvalue weighted by molar-refractivity contribution is 5.85. The molecule has 7 heteroatoms. The Morgan fingerprint density at radius 1 is 1.41 bits per heavy atom. The number of methoxy groups -OCH3 is 1. The predicted molar refractivity (Wildman–Crippen MR) is 108 cm³/mol. The third-order valence-electron chi connectivity index (χ3n) is 5.18. The zero-order valence-electron chi connectivity index (χ0n) is 16.2. The maximum atomic E-state index is 12.8. The highest BCUT2D eigenvalue weighted by Gasteiger charge is 2.33. The van der Waals surface area contributed by atoms with Gasteiger partial charge in [0, 0.05) is 44.4 Å². The van der Waals surface area contributed by atoms with E-state index in [0.717, 1.165) is 24.1 Å². The van der Waals surface area contributed by atoms with Crippen LogP contribution in [0.1, 0.15) is 30.4 Å². The van der Waals surface area contributed by atoms with Crippen LogP contribution in [0.25, 0.3) is 5.69 Å². The molecule has 0 unspecified atom stereocenters. The molecule has 3 rings (SSSR count). The second kappa shape index (κ2) is 9.35. The number of benzene rings is 1. The quantitative estimate of drug-likeness (QED) is 0.849. The molecule has 2 N–H and O–H groups in total. The maximum Gasteiger partial charge on any atom is 0.225 e. The second-order valence-corrected chi connectivity index (χ2v) is 7.27. The van der Waals surface area contributed by atoms with Gasteiger partial charge in [-0.15, -0.1) is 12.4 Å². The van der Waals surface area contributed by atoms with Crippen molar-refractivity contribution in [1.29, 1.82) is 0 Å². The lowest BCUT2D eigenvalue weighted by molar-refractivity contribution is -0.137. The van der Waals surface area contributed by atoms with E-state index in [1.54, 1.807) is 12.0 Å². The van der Waals surface area contributed by atoms with E-state index in [9.17, 15) is 4.79 Å². The molecule has 3 atom stereocenters. The van der Waals surface area contributed by atoms with E-state index in [0.29, 0.717) is 13.0 Å². The Bertz CT molecular complexity index is 764. The van der Waals surface area contributed by atoms with Gasteiger partial charge < -0.3 is 15.4 Å². The van der Waals surface area contributed by atoms with Crippen LogP contribution in [0.2, 0.25) is 0 Å². The third-order valence-corrected chi connectivity index (χ3v) is 5.18. The molecule has 27 heavy (non-hydrogen) atoms. The number of hydrogen-bond acceptors (Lipinski definition) is 4. The monoisotopic (exact) mass is 392 g/mol. The summed E-state index contributed by atoms with van der Waals surface area (Å²) < 4.78 is 7.23. The molecule has 1 aliphatic carbocycles. The first kappa shape index (κ1) is 21.4. The summed E-state index contributed by atoms with van der Waals surface area (Å²) in [5.41, 5.74) is 9.36. The number of hydrogen-bond donors (Lipinski definition) is 1. The summed E-state index contributed by atoms with van der Waals surface area (Å²) >= 11 is 0. The van der Waals surface area contributed by atoms with Crippen LogP contribution in [0.4, 0.5) is 0 Å². The third kappa shape index (κ3) is 5.09. The number of rotatable bonds is 5. The number of nitrogens with zero attached hydrogens (tertiary/aromatic N) is 3. The molecule has 0 bridgehead atoms. The zero-order valence-corrected chi connectivity index (χ0v) is 17.0. The lowest BCUT2D eigenvalue weighted by Crippen LogP contribution is -2.45. The molecule has 0 spiro atoms. The Hall–Kier alpha value is -1.89. The number of halogens is 1. The Morgan fingerprint density at radius 3 is 2.85 bits per heavy atom. The normalized spacial score (nSPS) is 22.1. The molecule has 1 aliphatic rings. The van der Waals surface area contributed by atoms with Crippen molar-refractivity contribution >= 4 is 18.3 Å². The van der Waals surface area contributed by atoms with Crippen LogP contribution in [-0.2, 0) is 16.1 Å². The van der Waals surface area contributed by atoms with Gasteiger partial charge in [0.15, 0.2) is 0 Å². The van der Waals surface area contributed by atoms with E-state index in [4.69, 9.17) is 10.5 Å². The average Bonchev–Trinajstić information content (AvgIpc) is 3.09. The highest BCUT2D eigenvalue weighted by Crippen LogP contribution is 2.27.